The van der Waals surface area contributed by atoms with Crippen molar-refractivity contribution in [1.82, 2.24) is 9.47 Å². The highest BCUT2D eigenvalue weighted by Gasteiger charge is 2.35. The Morgan fingerprint density at radius 2 is 1.88 bits per heavy atom. The lowest BCUT2D eigenvalue weighted by molar-refractivity contribution is 0.0909. The summed E-state index contributed by atoms with van der Waals surface area (Å²) in [6, 6.07) is 5.50. The van der Waals surface area contributed by atoms with Gasteiger partial charge in [-0.05, 0) is 55.4 Å². The topological polar surface area (TPSA) is 118 Å². The van der Waals surface area contributed by atoms with Crippen molar-refractivity contribution in [3.8, 4) is 5.69 Å². The molecule has 0 radical (unpaired) electrons. The number of piperidine rings is 1. The van der Waals surface area contributed by atoms with E-state index in [-0.39, 0.29) is 17.2 Å². The molecule has 2 aromatic rings. The van der Waals surface area contributed by atoms with Gasteiger partial charge in [-0.2, -0.15) is 0 Å². The van der Waals surface area contributed by atoms with Gasteiger partial charge in [-0.25, -0.2) is 4.79 Å². The second kappa shape index (κ2) is 8.00. The number of carbonyl (C=O) groups is 3. The van der Waals surface area contributed by atoms with Gasteiger partial charge in [0, 0.05) is 54.4 Å². The van der Waals surface area contributed by atoms with E-state index >= 15 is 0 Å². The number of carboxylic acid groups (broad SMARTS) is 1. The lowest BCUT2D eigenvalue weighted by atomic mass is 9.75. The molecule has 1 saturated heterocycles. The Balaban J connectivity index is 1.68. The molecule has 1 aromatic heterocycles. The van der Waals surface area contributed by atoms with Crippen LogP contribution in [-0.4, -0.2) is 51.5 Å². The third-order valence-electron chi connectivity index (χ3n) is 6.53. The zero-order chi connectivity index (χ0) is 23.2. The number of Topliss-reactive ketones (excluding diaryl/α,β-unsaturated/α-hetero) is 1. The third-order valence-corrected chi connectivity index (χ3v) is 6.53. The molecule has 2 heterocycles. The molecule has 32 heavy (non-hydrogen) atoms. The van der Waals surface area contributed by atoms with Crippen LogP contribution in [0.25, 0.3) is 5.69 Å². The average molecular weight is 439 g/mol. The summed E-state index contributed by atoms with van der Waals surface area (Å²) in [6.07, 6.45) is 3.69. The lowest BCUT2D eigenvalue weighted by Crippen LogP contribution is -2.41. The average Bonchev–Trinajstić information content (AvgIpc) is 3.03. The van der Waals surface area contributed by atoms with E-state index in [9.17, 15) is 14.4 Å². The predicted octanol–water partition coefficient (Wildman–Crippen LogP) is 3.59. The van der Waals surface area contributed by atoms with Crippen LogP contribution in [0.4, 0.5) is 10.5 Å². The molecule has 1 aromatic carbocycles. The van der Waals surface area contributed by atoms with Gasteiger partial charge < -0.3 is 25.6 Å². The molecule has 0 unspecified atom stereocenters. The minimum Gasteiger partial charge on any atom is -0.465 e. The van der Waals surface area contributed by atoms with Gasteiger partial charge in [0.15, 0.2) is 5.78 Å². The van der Waals surface area contributed by atoms with Gasteiger partial charge in [0.2, 0.25) is 0 Å². The van der Waals surface area contributed by atoms with Crippen LogP contribution < -0.4 is 11.1 Å². The summed E-state index contributed by atoms with van der Waals surface area (Å²) in [7, 11) is 0. The van der Waals surface area contributed by atoms with Crippen LogP contribution in [0.3, 0.4) is 0 Å². The first-order valence-electron chi connectivity index (χ1n) is 11.0. The maximum absolute atomic E-state index is 12.8. The molecule has 0 spiro atoms. The second-order valence-corrected chi connectivity index (χ2v) is 9.73. The van der Waals surface area contributed by atoms with Gasteiger partial charge in [0.25, 0.3) is 5.91 Å². The number of fused-ring (bicyclic) bond motifs is 1. The molecule has 0 bridgehead atoms. The highest BCUT2D eigenvalue weighted by Crippen LogP contribution is 2.38. The summed E-state index contributed by atoms with van der Waals surface area (Å²) >= 11 is 0. The number of aryl methyl sites for hydroxylation is 1. The summed E-state index contributed by atoms with van der Waals surface area (Å²) in [5.74, 6) is -0.353. The standard InChI is InChI=1S/C24H30N4O4/c1-14-13-28(19-11-24(2,3)12-20(29)21(14)19)16-4-5-17(22(25)30)18(10-16)26-15-6-8-27(9-7-15)23(31)32/h4-5,10,13,15,26H,6-9,11-12H2,1-3H3,(H2,25,30)(H,31,32). The molecule has 2 amide bonds. The van der Waals surface area contributed by atoms with Gasteiger partial charge in [-0.1, -0.05) is 13.8 Å². The van der Waals surface area contributed by atoms with Crippen molar-refractivity contribution in [3.63, 3.8) is 0 Å². The normalized spacial score (nSPS) is 18.3. The highest BCUT2D eigenvalue weighted by atomic mass is 16.4. The Labute approximate surface area is 187 Å². The number of hydrogen-bond acceptors (Lipinski definition) is 4. The molecule has 4 rings (SSSR count). The zero-order valence-corrected chi connectivity index (χ0v) is 18.8. The fourth-order valence-electron chi connectivity index (χ4n) is 4.96. The number of benzene rings is 1. The molecule has 1 aliphatic heterocycles. The van der Waals surface area contributed by atoms with Gasteiger partial charge in [0.1, 0.15) is 0 Å². The van der Waals surface area contributed by atoms with E-state index in [1.54, 1.807) is 6.07 Å². The number of nitrogens with one attached hydrogen (secondary N) is 1. The Kier molecular flexibility index (Phi) is 5.48. The first kappa shape index (κ1) is 21.9. The van der Waals surface area contributed by atoms with Gasteiger partial charge in [-0.15, -0.1) is 0 Å². The number of anilines is 1. The molecular formula is C24H30N4O4. The summed E-state index contributed by atoms with van der Waals surface area (Å²) in [5, 5.41) is 12.6. The Bertz CT molecular complexity index is 1090. The van der Waals surface area contributed by atoms with Crippen LogP contribution in [0, 0.1) is 12.3 Å². The molecule has 4 N–H and O–H groups in total. The maximum atomic E-state index is 12.8. The molecule has 170 valence electrons. The van der Waals surface area contributed by atoms with Crippen LogP contribution in [-0.2, 0) is 6.42 Å². The number of aromatic nitrogens is 1. The van der Waals surface area contributed by atoms with E-state index in [2.05, 4.69) is 19.2 Å². The number of ketones is 1. The monoisotopic (exact) mass is 438 g/mol. The van der Waals surface area contributed by atoms with E-state index in [1.807, 2.05) is 29.8 Å². The molecule has 1 aliphatic carbocycles. The van der Waals surface area contributed by atoms with E-state index in [1.165, 1.54) is 4.90 Å². The molecule has 8 heteroatoms. The number of nitrogens with two attached hydrogens (primary N) is 1. The largest absolute Gasteiger partial charge is 0.465 e. The molecule has 8 nitrogen and oxygen atoms in total. The summed E-state index contributed by atoms with van der Waals surface area (Å²) in [4.78, 5) is 37.4. The summed E-state index contributed by atoms with van der Waals surface area (Å²) < 4.78 is 2.05. The van der Waals surface area contributed by atoms with E-state index in [4.69, 9.17) is 10.8 Å². The lowest BCUT2D eigenvalue weighted by Gasteiger charge is -2.32. The summed E-state index contributed by atoms with van der Waals surface area (Å²) in [5.41, 5.74) is 10.1. The predicted molar refractivity (Wildman–Crippen MR) is 122 cm³/mol. The molecule has 0 atom stereocenters. The smallest absolute Gasteiger partial charge is 0.407 e. The van der Waals surface area contributed by atoms with Gasteiger partial charge >= 0.3 is 6.09 Å². The number of likely N-dealkylation sites (tertiary alicyclic amines) is 1. The van der Waals surface area contributed by atoms with Crippen LogP contribution in [0.15, 0.2) is 24.4 Å². The quantitative estimate of drug-likeness (QED) is 0.674. The Morgan fingerprint density at radius 3 is 2.50 bits per heavy atom. The minimum absolute atomic E-state index is 0.0415. The first-order chi connectivity index (χ1) is 15.1. The number of hydrogen-bond donors (Lipinski definition) is 3. The van der Waals surface area contributed by atoms with Crippen molar-refractivity contribution >= 4 is 23.5 Å². The molecule has 0 saturated carbocycles. The van der Waals surface area contributed by atoms with E-state index in [0.29, 0.717) is 43.6 Å². The van der Waals surface area contributed by atoms with Crippen molar-refractivity contribution in [2.24, 2.45) is 11.1 Å². The van der Waals surface area contributed by atoms with Crippen molar-refractivity contribution in [1.29, 1.82) is 0 Å². The number of amides is 2. The van der Waals surface area contributed by atoms with E-state index < -0.39 is 12.0 Å². The number of primary amides is 1. The second-order valence-electron chi connectivity index (χ2n) is 9.73. The van der Waals surface area contributed by atoms with Crippen LogP contribution in [0.5, 0.6) is 0 Å². The molecule has 1 fully saturated rings. The van der Waals surface area contributed by atoms with E-state index in [0.717, 1.165) is 28.9 Å². The molecule has 2 aliphatic rings. The zero-order valence-electron chi connectivity index (χ0n) is 18.8. The maximum Gasteiger partial charge on any atom is 0.407 e. The Hall–Kier alpha value is -3.29. The first-order valence-corrected chi connectivity index (χ1v) is 11.0. The fourth-order valence-corrected chi connectivity index (χ4v) is 4.96. The number of nitrogens with zero attached hydrogens (tertiary/aromatic N) is 2. The van der Waals surface area contributed by atoms with Crippen LogP contribution >= 0.6 is 0 Å². The third kappa shape index (κ3) is 4.09. The number of rotatable bonds is 4. The van der Waals surface area contributed by atoms with Crippen molar-refractivity contribution < 1.29 is 19.5 Å². The fraction of sp³-hybridized carbons (Fsp3) is 0.458. The summed E-state index contributed by atoms with van der Waals surface area (Å²) in [6.45, 7) is 7.05. The van der Waals surface area contributed by atoms with Gasteiger partial charge in [0.05, 0.1) is 5.56 Å². The number of carbonyl (C=O) groups excluding carboxylic acids is 2. The van der Waals surface area contributed by atoms with Crippen LogP contribution in [0.2, 0.25) is 0 Å². The minimum atomic E-state index is -0.909. The molecular weight excluding hydrogens is 408 g/mol. The Morgan fingerprint density at radius 1 is 1.19 bits per heavy atom. The highest BCUT2D eigenvalue weighted by molar-refractivity contribution is 6.01. The van der Waals surface area contributed by atoms with Crippen molar-refractivity contribution in [3.05, 3.63) is 46.8 Å². The SMILES string of the molecule is Cc1cn(-c2ccc(C(N)=O)c(NC3CCN(C(=O)O)CC3)c2)c2c1C(=O)CC(C)(C)C2. The van der Waals surface area contributed by atoms with Crippen LogP contribution in [0.1, 0.15) is 65.1 Å². The van der Waals surface area contributed by atoms with Crippen molar-refractivity contribution in [2.75, 3.05) is 18.4 Å². The van der Waals surface area contributed by atoms with Gasteiger partial charge in [-0.3, -0.25) is 9.59 Å². The van der Waals surface area contributed by atoms with Crippen molar-refractivity contribution in [2.45, 2.75) is 52.5 Å².